The van der Waals surface area contributed by atoms with E-state index >= 15 is 0 Å². The molecule has 0 aromatic heterocycles. The highest BCUT2D eigenvalue weighted by Crippen LogP contribution is 2.33. The highest BCUT2D eigenvalue weighted by Gasteiger charge is 2.27. The summed E-state index contributed by atoms with van der Waals surface area (Å²) in [5, 5.41) is 10.6. The van der Waals surface area contributed by atoms with E-state index in [0.29, 0.717) is 24.3 Å². The van der Waals surface area contributed by atoms with Crippen molar-refractivity contribution in [1.82, 2.24) is 0 Å². The molecule has 0 amide bonds. The summed E-state index contributed by atoms with van der Waals surface area (Å²) in [7, 11) is 0. The van der Waals surface area contributed by atoms with Gasteiger partial charge in [-0.1, -0.05) is 35.9 Å². The molecule has 0 radical (unpaired) electrons. The van der Waals surface area contributed by atoms with Gasteiger partial charge >= 0.3 is 0 Å². The third kappa shape index (κ3) is 5.31. The summed E-state index contributed by atoms with van der Waals surface area (Å²) >= 11 is 6.33. The summed E-state index contributed by atoms with van der Waals surface area (Å²) in [5.74, 6) is 0.178. The van der Waals surface area contributed by atoms with E-state index in [-0.39, 0.29) is 24.1 Å². The highest BCUT2D eigenvalue weighted by atomic mass is 35.5. The Morgan fingerprint density at radius 3 is 2.50 bits per heavy atom. The molecule has 140 valence electrons. The molecule has 0 aliphatic carbocycles. The van der Waals surface area contributed by atoms with Crippen molar-refractivity contribution in [1.29, 1.82) is 0 Å². The maximum absolute atomic E-state index is 12.1. The van der Waals surface area contributed by atoms with Crippen LogP contribution in [0.25, 0.3) is 0 Å². The van der Waals surface area contributed by atoms with Crippen LogP contribution in [0.3, 0.4) is 0 Å². The van der Waals surface area contributed by atoms with Crippen molar-refractivity contribution in [2.24, 2.45) is 0 Å². The largest absolute Gasteiger partial charge is 0.393 e. The quantitative estimate of drug-likeness (QED) is 0.704. The minimum atomic E-state index is -0.342. The second-order valence-electron chi connectivity index (χ2n) is 6.31. The topological polar surface area (TPSA) is 38.7 Å². The van der Waals surface area contributed by atoms with Crippen LogP contribution in [0.5, 0.6) is 5.75 Å². The van der Waals surface area contributed by atoms with E-state index in [9.17, 15) is 9.63 Å². The first-order valence-electron chi connectivity index (χ1n) is 8.54. The third-order valence-electron chi connectivity index (χ3n) is 4.34. The van der Waals surface area contributed by atoms with Gasteiger partial charge in [-0.05, 0) is 54.7 Å². The smallest absolute Gasteiger partial charge is 0.171 e. The van der Waals surface area contributed by atoms with Gasteiger partial charge in [-0.25, -0.2) is 0 Å². The van der Waals surface area contributed by atoms with Gasteiger partial charge in [0.05, 0.1) is 18.3 Å². The van der Waals surface area contributed by atoms with Gasteiger partial charge in [0.25, 0.3) is 0 Å². The van der Waals surface area contributed by atoms with Crippen LogP contribution >= 0.6 is 11.6 Å². The molecule has 0 spiro atoms. The molecule has 2 aromatic carbocycles. The zero-order chi connectivity index (χ0) is 19.1. The van der Waals surface area contributed by atoms with Gasteiger partial charge in [-0.3, -0.25) is 4.94 Å². The predicted octanol–water partition coefficient (Wildman–Crippen LogP) is 5.60. The summed E-state index contributed by atoms with van der Waals surface area (Å²) < 4.78 is 18.1. The molecule has 1 aliphatic heterocycles. The van der Waals surface area contributed by atoms with E-state index in [2.05, 4.69) is 18.1 Å². The normalized spacial score (nSPS) is 22.2. The molecule has 1 saturated heterocycles. The predicted molar refractivity (Wildman–Crippen MR) is 102 cm³/mol. The fraction of sp³-hybridized carbons (Fsp3) is 0.333. The minimum Gasteiger partial charge on any atom is -0.393 e. The summed E-state index contributed by atoms with van der Waals surface area (Å²) in [6.07, 6.45) is 1.46. The van der Waals surface area contributed by atoms with E-state index in [1.54, 1.807) is 24.3 Å². The van der Waals surface area contributed by atoms with Crippen LogP contribution in [0.4, 0.5) is 4.53 Å². The number of aliphatic hydroxyl groups excluding tert-OH is 1. The second kappa shape index (κ2) is 9.72. The van der Waals surface area contributed by atoms with Gasteiger partial charge in [0.1, 0.15) is 0 Å². The summed E-state index contributed by atoms with van der Waals surface area (Å²) in [4.78, 5) is 3.70. The fourth-order valence-corrected chi connectivity index (χ4v) is 3.33. The number of aliphatic hydroxyl groups is 1. The van der Waals surface area contributed by atoms with Crippen LogP contribution in [0, 0.1) is 0 Å². The molecule has 1 N–H and O–H groups in total. The van der Waals surface area contributed by atoms with Crippen molar-refractivity contribution in [2.45, 2.75) is 44.5 Å². The van der Waals surface area contributed by atoms with E-state index in [0.717, 1.165) is 16.7 Å². The van der Waals surface area contributed by atoms with Crippen LogP contribution in [0.2, 0.25) is 5.02 Å². The zero-order valence-corrected chi connectivity index (χ0v) is 15.6. The minimum absolute atomic E-state index is 0.0334. The Balaban J connectivity index is 0.00000117. The zero-order valence-electron chi connectivity index (χ0n) is 14.8. The van der Waals surface area contributed by atoms with Crippen LogP contribution in [-0.4, -0.2) is 17.3 Å². The van der Waals surface area contributed by atoms with Crippen molar-refractivity contribution >= 4 is 11.6 Å². The fourth-order valence-electron chi connectivity index (χ4n) is 3.14. The second-order valence-corrected chi connectivity index (χ2v) is 6.72. The van der Waals surface area contributed by atoms with Gasteiger partial charge in [0, 0.05) is 16.0 Å². The first-order chi connectivity index (χ1) is 12.5. The van der Waals surface area contributed by atoms with Crippen molar-refractivity contribution in [3.8, 4) is 5.75 Å². The number of rotatable bonds is 4. The Morgan fingerprint density at radius 2 is 1.88 bits per heavy atom. The third-order valence-corrected chi connectivity index (χ3v) is 4.70. The Kier molecular flexibility index (Phi) is 7.64. The molecule has 0 unspecified atom stereocenters. The summed E-state index contributed by atoms with van der Waals surface area (Å²) in [6.45, 7) is 7.97. The number of halogens is 2. The van der Waals surface area contributed by atoms with Gasteiger partial charge < -0.3 is 9.84 Å². The molecule has 3 rings (SSSR count). The maximum atomic E-state index is 12.1. The molecule has 1 fully saturated rings. The monoisotopic (exact) mass is 378 g/mol. The lowest BCUT2D eigenvalue weighted by Gasteiger charge is -2.31. The molecule has 2 aromatic rings. The van der Waals surface area contributed by atoms with Crippen molar-refractivity contribution < 1.29 is 19.3 Å². The molecule has 3 atom stereocenters. The van der Waals surface area contributed by atoms with Gasteiger partial charge in [-0.2, -0.15) is 0 Å². The number of benzene rings is 2. The lowest BCUT2D eigenvalue weighted by Crippen LogP contribution is -2.29. The molecular weight excluding hydrogens is 355 g/mol. The first kappa shape index (κ1) is 20.4. The average molecular weight is 379 g/mol. The number of hydrogen-bond acceptors (Lipinski definition) is 3. The van der Waals surface area contributed by atoms with E-state index in [4.69, 9.17) is 16.3 Å². The molecular formula is C21H24ClFO3. The molecule has 0 bridgehead atoms. The molecule has 3 nitrogen and oxygen atoms in total. The van der Waals surface area contributed by atoms with Gasteiger partial charge in [-0.15, -0.1) is 13.2 Å². The van der Waals surface area contributed by atoms with Crippen LogP contribution < -0.4 is 4.94 Å². The standard InChI is InChI=1S/C19H20ClFO3.C2H4/c1-12-8-16(22)11-19(23-12)14-4-7-18(20)15(10-14)9-13-2-5-17(24-21)6-3-13;1-2/h2-7,10,12,16,19,22H,8-9,11H2,1H3;1-2H2/t12-,16+,19-;/m1./s1. The maximum Gasteiger partial charge on any atom is 0.171 e. The van der Waals surface area contributed by atoms with E-state index in [1.807, 2.05) is 25.1 Å². The first-order valence-corrected chi connectivity index (χ1v) is 8.92. The SMILES string of the molecule is C=C.C[C@@H]1C[C@H](O)C[C@H](c2ccc(Cl)c(Cc3ccc(OF)cc3)c2)O1. The summed E-state index contributed by atoms with van der Waals surface area (Å²) in [6, 6.07) is 12.6. The van der Waals surface area contributed by atoms with Crippen LogP contribution in [-0.2, 0) is 11.2 Å². The highest BCUT2D eigenvalue weighted by molar-refractivity contribution is 6.31. The van der Waals surface area contributed by atoms with Crippen LogP contribution in [0.1, 0.15) is 42.6 Å². The van der Waals surface area contributed by atoms with Gasteiger partial charge in [0.15, 0.2) is 5.75 Å². The summed E-state index contributed by atoms with van der Waals surface area (Å²) in [5.41, 5.74) is 3.00. The molecule has 26 heavy (non-hydrogen) atoms. The Morgan fingerprint density at radius 1 is 1.19 bits per heavy atom. The number of hydrogen-bond donors (Lipinski definition) is 1. The van der Waals surface area contributed by atoms with Crippen molar-refractivity contribution in [3.63, 3.8) is 0 Å². The molecule has 1 aliphatic rings. The number of ether oxygens (including phenoxy) is 1. The Bertz CT molecular complexity index is 695. The molecule has 5 heteroatoms. The van der Waals surface area contributed by atoms with Gasteiger partial charge in [0.2, 0.25) is 0 Å². The molecule has 1 heterocycles. The molecule has 0 saturated carbocycles. The lowest BCUT2D eigenvalue weighted by molar-refractivity contribution is -0.0895. The Hall–Kier alpha value is -1.88. The van der Waals surface area contributed by atoms with E-state index in [1.165, 1.54) is 0 Å². The lowest BCUT2D eigenvalue weighted by atomic mass is 9.94. The van der Waals surface area contributed by atoms with Crippen molar-refractivity contribution in [3.05, 3.63) is 77.3 Å². The average Bonchev–Trinajstić information content (AvgIpc) is 2.65. The van der Waals surface area contributed by atoms with Crippen molar-refractivity contribution in [2.75, 3.05) is 0 Å². The van der Waals surface area contributed by atoms with E-state index < -0.39 is 0 Å². The Labute approximate surface area is 158 Å². The van der Waals surface area contributed by atoms with Crippen LogP contribution in [0.15, 0.2) is 55.6 Å².